The quantitative estimate of drug-likeness (QED) is 0.860. The first-order chi connectivity index (χ1) is 7.33. The zero-order valence-electron chi connectivity index (χ0n) is 9.03. The number of rotatable bonds is 3. The Bertz CT molecular complexity index is 363. The van der Waals surface area contributed by atoms with Gasteiger partial charge in [0, 0.05) is 11.1 Å². The Labute approximate surface area is 97.6 Å². The van der Waals surface area contributed by atoms with Gasteiger partial charge in [-0.3, -0.25) is 0 Å². The molecule has 0 aliphatic carbocycles. The number of hydrogen-bond acceptors (Lipinski definition) is 1. The summed E-state index contributed by atoms with van der Waals surface area (Å²) in [4.78, 5) is 0. The Morgan fingerprint density at radius 3 is 2.44 bits per heavy atom. The van der Waals surface area contributed by atoms with Gasteiger partial charge in [0.15, 0.2) is 0 Å². The molecule has 0 aromatic heterocycles. The molecule has 0 aliphatic rings. The van der Waals surface area contributed by atoms with Gasteiger partial charge in [0.05, 0.1) is 6.42 Å². The van der Waals surface area contributed by atoms with Crippen LogP contribution in [0.25, 0.3) is 0 Å². The summed E-state index contributed by atoms with van der Waals surface area (Å²) in [6.07, 6.45) is -5.09. The van der Waals surface area contributed by atoms with Gasteiger partial charge in [0.2, 0.25) is 0 Å². The molecule has 0 saturated carbocycles. The number of alkyl halides is 3. The number of halogens is 4. The summed E-state index contributed by atoms with van der Waals surface area (Å²) < 4.78 is 36.9. The molecule has 5 heteroatoms. The van der Waals surface area contributed by atoms with E-state index in [2.05, 4.69) is 5.32 Å². The first-order valence-corrected chi connectivity index (χ1v) is 5.21. The Morgan fingerprint density at radius 2 is 2.00 bits per heavy atom. The van der Waals surface area contributed by atoms with Crippen LogP contribution in [-0.2, 0) is 0 Å². The van der Waals surface area contributed by atoms with E-state index in [1.807, 2.05) is 6.92 Å². The fraction of sp³-hybridized carbons (Fsp3) is 0.455. The van der Waals surface area contributed by atoms with Crippen LogP contribution < -0.4 is 5.32 Å². The number of aryl methyl sites for hydroxylation is 1. The van der Waals surface area contributed by atoms with Crippen LogP contribution in [0, 0.1) is 6.92 Å². The summed E-state index contributed by atoms with van der Waals surface area (Å²) in [5.74, 6) is 0. The van der Waals surface area contributed by atoms with E-state index in [1.165, 1.54) is 7.05 Å². The third-order valence-electron chi connectivity index (χ3n) is 2.38. The van der Waals surface area contributed by atoms with Crippen molar-refractivity contribution in [2.24, 2.45) is 0 Å². The minimum absolute atomic E-state index is 0.486. The standard InChI is InChI=1S/C11H13ClF3N/c1-7-3-4-8(5-9(7)12)10(16-2)6-11(13,14)15/h3-5,10,16H,6H2,1-2H3. The van der Waals surface area contributed by atoms with Crippen molar-refractivity contribution in [3.8, 4) is 0 Å². The molecular weight excluding hydrogens is 239 g/mol. The molecule has 0 fully saturated rings. The van der Waals surface area contributed by atoms with Gasteiger partial charge in [-0.05, 0) is 31.2 Å². The molecule has 0 amide bonds. The van der Waals surface area contributed by atoms with E-state index in [4.69, 9.17) is 11.6 Å². The highest BCUT2D eigenvalue weighted by Gasteiger charge is 2.32. The zero-order valence-corrected chi connectivity index (χ0v) is 9.78. The smallest absolute Gasteiger partial charge is 0.313 e. The van der Waals surface area contributed by atoms with E-state index >= 15 is 0 Å². The molecule has 0 spiro atoms. The molecule has 1 aromatic rings. The number of hydrogen-bond donors (Lipinski definition) is 1. The third-order valence-corrected chi connectivity index (χ3v) is 2.79. The lowest BCUT2D eigenvalue weighted by atomic mass is 10.0. The van der Waals surface area contributed by atoms with Crippen molar-refractivity contribution in [2.75, 3.05) is 7.05 Å². The third kappa shape index (κ3) is 3.68. The van der Waals surface area contributed by atoms with Crippen molar-refractivity contribution in [2.45, 2.75) is 25.6 Å². The molecular formula is C11H13ClF3N. The van der Waals surface area contributed by atoms with Crippen LogP contribution in [0.3, 0.4) is 0 Å². The van der Waals surface area contributed by atoms with E-state index in [1.54, 1.807) is 18.2 Å². The summed E-state index contributed by atoms with van der Waals surface area (Å²) in [6.45, 7) is 1.81. The maximum absolute atomic E-state index is 12.3. The molecule has 1 aromatic carbocycles. The van der Waals surface area contributed by atoms with Crippen LogP contribution in [0.4, 0.5) is 13.2 Å². The van der Waals surface area contributed by atoms with Crippen molar-refractivity contribution in [1.82, 2.24) is 5.32 Å². The molecule has 1 N–H and O–H groups in total. The molecule has 0 saturated heterocycles. The fourth-order valence-corrected chi connectivity index (χ4v) is 1.63. The summed E-state index contributed by atoms with van der Waals surface area (Å²) in [7, 11) is 1.50. The van der Waals surface area contributed by atoms with Crippen molar-refractivity contribution >= 4 is 11.6 Å². The van der Waals surface area contributed by atoms with Crippen LogP contribution in [0.2, 0.25) is 5.02 Å². The van der Waals surface area contributed by atoms with Gasteiger partial charge in [0.25, 0.3) is 0 Å². The molecule has 1 nitrogen and oxygen atoms in total. The lowest BCUT2D eigenvalue weighted by Crippen LogP contribution is -2.23. The number of nitrogens with one attached hydrogen (secondary N) is 1. The maximum atomic E-state index is 12.3. The van der Waals surface area contributed by atoms with E-state index in [0.717, 1.165) is 5.56 Å². The molecule has 1 rings (SSSR count). The normalized spacial score (nSPS) is 13.9. The molecule has 0 aliphatic heterocycles. The Balaban J connectivity index is 2.91. The first-order valence-electron chi connectivity index (χ1n) is 4.83. The highest BCUT2D eigenvalue weighted by atomic mass is 35.5. The van der Waals surface area contributed by atoms with Gasteiger partial charge in [-0.15, -0.1) is 0 Å². The van der Waals surface area contributed by atoms with E-state index in [0.29, 0.717) is 10.6 Å². The molecule has 16 heavy (non-hydrogen) atoms. The minimum atomic E-state index is -4.19. The second kappa shape index (κ2) is 5.06. The summed E-state index contributed by atoms with van der Waals surface area (Å²) >= 11 is 5.88. The molecule has 0 bridgehead atoms. The van der Waals surface area contributed by atoms with Gasteiger partial charge in [-0.25, -0.2) is 0 Å². The Kier molecular flexibility index (Phi) is 4.21. The average Bonchev–Trinajstić information content (AvgIpc) is 2.17. The highest BCUT2D eigenvalue weighted by molar-refractivity contribution is 6.31. The lowest BCUT2D eigenvalue weighted by Gasteiger charge is -2.19. The van der Waals surface area contributed by atoms with Crippen LogP contribution in [0.15, 0.2) is 18.2 Å². The Morgan fingerprint density at radius 1 is 1.38 bits per heavy atom. The first kappa shape index (κ1) is 13.3. The number of benzene rings is 1. The van der Waals surface area contributed by atoms with Crippen LogP contribution in [-0.4, -0.2) is 13.2 Å². The molecule has 1 unspecified atom stereocenters. The fourth-order valence-electron chi connectivity index (χ4n) is 1.44. The van der Waals surface area contributed by atoms with E-state index in [-0.39, 0.29) is 0 Å². The topological polar surface area (TPSA) is 12.0 Å². The molecule has 0 heterocycles. The monoisotopic (exact) mass is 251 g/mol. The highest BCUT2D eigenvalue weighted by Crippen LogP contribution is 2.30. The predicted molar refractivity (Wildman–Crippen MR) is 58.7 cm³/mol. The largest absolute Gasteiger partial charge is 0.390 e. The van der Waals surface area contributed by atoms with Crippen LogP contribution in [0.5, 0.6) is 0 Å². The van der Waals surface area contributed by atoms with Crippen molar-refractivity contribution in [3.05, 3.63) is 34.3 Å². The van der Waals surface area contributed by atoms with Crippen LogP contribution in [0.1, 0.15) is 23.6 Å². The Hall–Kier alpha value is -0.740. The van der Waals surface area contributed by atoms with Gasteiger partial charge < -0.3 is 5.32 Å². The average molecular weight is 252 g/mol. The van der Waals surface area contributed by atoms with Crippen molar-refractivity contribution in [1.29, 1.82) is 0 Å². The lowest BCUT2D eigenvalue weighted by molar-refractivity contribution is -0.140. The van der Waals surface area contributed by atoms with E-state index < -0.39 is 18.6 Å². The predicted octanol–water partition coefficient (Wildman–Crippen LogP) is 3.86. The van der Waals surface area contributed by atoms with E-state index in [9.17, 15) is 13.2 Å². The van der Waals surface area contributed by atoms with Gasteiger partial charge in [0.1, 0.15) is 0 Å². The van der Waals surface area contributed by atoms with Crippen molar-refractivity contribution in [3.63, 3.8) is 0 Å². The maximum Gasteiger partial charge on any atom is 0.390 e. The SMILES string of the molecule is CNC(CC(F)(F)F)c1ccc(C)c(Cl)c1. The molecule has 90 valence electrons. The van der Waals surface area contributed by atoms with Gasteiger partial charge in [-0.2, -0.15) is 13.2 Å². The minimum Gasteiger partial charge on any atom is -0.313 e. The van der Waals surface area contributed by atoms with Crippen LogP contribution >= 0.6 is 11.6 Å². The summed E-state index contributed by atoms with van der Waals surface area (Å²) in [5, 5.41) is 3.13. The second-order valence-corrected chi connectivity index (χ2v) is 4.08. The zero-order chi connectivity index (χ0) is 12.3. The van der Waals surface area contributed by atoms with Gasteiger partial charge in [-0.1, -0.05) is 23.7 Å². The second-order valence-electron chi connectivity index (χ2n) is 3.67. The molecule has 0 radical (unpaired) electrons. The molecule has 1 atom stereocenters. The summed E-state index contributed by atoms with van der Waals surface area (Å²) in [5.41, 5.74) is 1.41. The van der Waals surface area contributed by atoms with Crippen molar-refractivity contribution < 1.29 is 13.2 Å². The summed E-state index contributed by atoms with van der Waals surface area (Å²) in [6, 6.07) is 4.20. The van der Waals surface area contributed by atoms with Gasteiger partial charge >= 0.3 is 6.18 Å².